The van der Waals surface area contributed by atoms with Crippen LogP contribution in [0.25, 0.3) is 0 Å². The fourth-order valence-electron chi connectivity index (χ4n) is 1.03. The van der Waals surface area contributed by atoms with Crippen LogP contribution < -0.4 is 5.90 Å². The van der Waals surface area contributed by atoms with Gasteiger partial charge in [0.05, 0.1) is 11.5 Å². The first-order valence-corrected chi connectivity index (χ1v) is 7.28. The molecule has 0 aliphatic rings. The molecule has 8 heteroatoms. The van der Waals surface area contributed by atoms with E-state index in [2.05, 4.69) is 9.82 Å². The SMILES string of the molecule is NOCCCCSSc1ncccc1[N+](=O)[O-]. The van der Waals surface area contributed by atoms with E-state index in [4.69, 9.17) is 5.90 Å². The van der Waals surface area contributed by atoms with Gasteiger partial charge in [-0.2, -0.15) is 0 Å². The lowest BCUT2D eigenvalue weighted by molar-refractivity contribution is -0.388. The van der Waals surface area contributed by atoms with Crippen LogP contribution in [-0.2, 0) is 4.84 Å². The lowest BCUT2D eigenvalue weighted by atomic mass is 10.4. The molecule has 0 amide bonds. The summed E-state index contributed by atoms with van der Waals surface area (Å²) in [6.45, 7) is 0.537. The van der Waals surface area contributed by atoms with Crippen molar-refractivity contribution in [3.05, 3.63) is 28.4 Å². The van der Waals surface area contributed by atoms with Gasteiger partial charge in [0.25, 0.3) is 0 Å². The Labute approximate surface area is 107 Å². The summed E-state index contributed by atoms with van der Waals surface area (Å²) in [6, 6.07) is 3.02. The molecule has 0 saturated heterocycles. The predicted molar refractivity (Wildman–Crippen MR) is 68.6 cm³/mol. The van der Waals surface area contributed by atoms with Crippen LogP contribution in [0.1, 0.15) is 12.8 Å². The maximum absolute atomic E-state index is 10.7. The van der Waals surface area contributed by atoms with Gasteiger partial charge >= 0.3 is 5.69 Å². The van der Waals surface area contributed by atoms with Crippen LogP contribution in [0.4, 0.5) is 5.69 Å². The Morgan fingerprint density at radius 3 is 3.06 bits per heavy atom. The van der Waals surface area contributed by atoms with E-state index in [1.807, 2.05) is 0 Å². The van der Waals surface area contributed by atoms with Crippen LogP contribution in [-0.4, -0.2) is 22.3 Å². The summed E-state index contributed by atoms with van der Waals surface area (Å²) in [4.78, 5) is 18.7. The maximum Gasteiger partial charge on any atom is 0.302 e. The zero-order valence-corrected chi connectivity index (χ0v) is 10.7. The molecule has 94 valence electrons. The molecule has 1 aromatic rings. The normalized spacial score (nSPS) is 10.4. The van der Waals surface area contributed by atoms with Crippen LogP contribution in [0.2, 0.25) is 0 Å². The summed E-state index contributed by atoms with van der Waals surface area (Å²) in [5, 5.41) is 11.2. The summed E-state index contributed by atoms with van der Waals surface area (Å²) in [7, 11) is 2.87. The molecule has 1 heterocycles. The molecule has 0 atom stereocenters. The van der Waals surface area contributed by atoms with Crippen molar-refractivity contribution in [1.82, 2.24) is 4.98 Å². The highest BCUT2D eigenvalue weighted by Gasteiger charge is 2.14. The minimum absolute atomic E-state index is 0.0512. The van der Waals surface area contributed by atoms with Gasteiger partial charge in [-0.15, -0.1) is 0 Å². The number of unbranched alkanes of at least 4 members (excludes halogenated alkanes) is 1. The Bertz CT molecular complexity index is 365. The van der Waals surface area contributed by atoms with E-state index in [-0.39, 0.29) is 5.69 Å². The lowest BCUT2D eigenvalue weighted by Crippen LogP contribution is -2.00. The van der Waals surface area contributed by atoms with Crippen LogP contribution >= 0.6 is 21.6 Å². The van der Waals surface area contributed by atoms with E-state index in [1.165, 1.54) is 16.9 Å². The first-order chi connectivity index (χ1) is 8.25. The van der Waals surface area contributed by atoms with Gasteiger partial charge in [-0.25, -0.2) is 10.9 Å². The van der Waals surface area contributed by atoms with Crippen molar-refractivity contribution in [1.29, 1.82) is 0 Å². The molecule has 1 rings (SSSR count). The second kappa shape index (κ2) is 8.29. The van der Waals surface area contributed by atoms with Gasteiger partial charge in [-0.05, 0) is 29.7 Å². The van der Waals surface area contributed by atoms with Gasteiger partial charge in [-0.3, -0.25) is 10.1 Å². The Morgan fingerprint density at radius 2 is 2.35 bits per heavy atom. The van der Waals surface area contributed by atoms with E-state index in [1.54, 1.807) is 23.1 Å². The molecular formula is C9H13N3O3S2. The molecule has 17 heavy (non-hydrogen) atoms. The second-order valence-corrected chi connectivity index (χ2v) is 5.47. The van der Waals surface area contributed by atoms with E-state index < -0.39 is 4.92 Å². The first-order valence-electron chi connectivity index (χ1n) is 4.96. The molecule has 0 aliphatic heterocycles. The molecule has 0 aromatic carbocycles. The van der Waals surface area contributed by atoms with Crippen molar-refractivity contribution in [3.8, 4) is 0 Å². The smallest absolute Gasteiger partial charge is 0.302 e. The monoisotopic (exact) mass is 275 g/mol. The van der Waals surface area contributed by atoms with Crippen LogP contribution in [0.5, 0.6) is 0 Å². The van der Waals surface area contributed by atoms with Crippen molar-refractivity contribution >= 4 is 27.3 Å². The van der Waals surface area contributed by atoms with Crippen molar-refractivity contribution in [2.45, 2.75) is 17.9 Å². The number of nitrogens with two attached hydrogens (primary N) is 1. The molecule has 0 unspecified atom stereocenters. The number of aromatic nitrogens is 1. The highest BCUT2D eigenvalue weighted by atomic mass is 33.1. The summed E-state index contributed by atoms with van der Waals surface area (Å²) >= 11 is 0. The van der Waals surface area contributed by atoms with Crippen LogP contribution in [0.15, 0.2) is 23.4 Å². The number of nitro groups is 1. The molecule has 0 aliphatic carbocycles. The zero-order chi connectivity index (χ0) is 12.5. The number of hydrogen-bond acceptors (Lipinski definition) is 7. The minimum Gasteiger partial charge on any atom is -0.305 e. The van der Waals surface area contributed by atoms with Gasteiger partial charge in [0.2, 0.25) is 0 Å². The quantitative estimate of drug-likeness (QED) is 0.337. The highest BCUT2D eigenvalue weighted by molar-refractivity contribution is 8.76. The van der Waals surface area contributed by atoms with Crippen molar-refractivity contribution in [2.75, 3.05) is 12.4 Å². The third kappa shape index (κ3) is 5.35. The summed E-state index contributed by atoms with van der Waals surface area (Å²) in [5.74, 6) is 5.77. The largest absolute Gasteiger partial charge is 0.305 e. The maximum atomic E-state index is 10.7. The fourth-order valence-corrected chi connectivity index (χ4v) is 3.20. The van der Waals surface area contributed by atoms with Crippen molar-refractivity contribution in [2.24, 2.45) is 5.90 Å². The standard InChI is InChI=1S/C9H13N3O3S2/c10-15-6-1-2-7-16-17-9-8(12(13)14)4-3-5-11-9/h3-5H,1-2,6-7,10H2. The average Bonchev–Trinajstić information content (AvgIpc) is 2.34. The fraction of sp³-hybridized carbons (Fsp3) is 0.444. The van der Waals surface area contributed by atoms with Gasteiger partial charge in [0, 0.05) is 18.0 Å². The predicted octanol–water partition coefficient (Wildman–Crippen LogP) is 2.40. The molecule has 1 aromatic heterocycles. The minimum atomic E-state index is -0.418. The molecule has 0 saturated carbocycles. The molecule has 0 bridgehead atoms. The van der Waals surface area contributed by atoms with Crippen molar-refractivity contribution in [3.63, 3.8) is 0 Å². The Balaban J connectivity index is 2.34. The Kier molecular flexibility index (Phi) is 6.94. The molecule has 0 spiro atoms. The number of pyridine rings is 1. The van der Waals surface area contributed by atoms with E-state index in [0.717, 1.165) is 18.6 Å². The van der Waals surface area contributed by atoms with Gasteiger partial charge in [-0.1, -0.05) is 10.8 Å². The van der Waals surface area contributed by atoms with Crippen molar-refractivity contribution < 1.29 is 9.76 Å². The van der Waals surface area contributed by atoms with Crippen LogP contribution in [0, 0.1) is 10.1 Å². The first kappa shape index (κ1) is 14.2. The average molecular weight is 275 g/mol. The second-order valence-electron chi connectivity index (χ2n) is 3.07. The van der Waals surface area contributed by atoms with Gasteiger partial charge in [0.15, 0.2) is 5.03 Å². The van der Waals surface area contributed by atoms with E-state index >= 15 is 0 Å². The molecular weight excluding hydrogens is 262 g/mol. The molecule has 6 nitrogen and oxygen atoms in total. The highest BCUT2D eigenvalue weighted by Crippen LogP contribution is 2.35. The van der Waals surface area contributed by atoms with Crippen LogP contribution in [0.3, 0.4) is 0 Å². The number of hydrogen-bond donors (Lipinski definition) is 1. The molecule has 2 N–H and O–H groups in total. The topological polar surface area (TPSA) is 91.3 Å². The summed E-state index contributed by atoms with van der Waals surface area (Å²) in [5.41, 5.74) is 0.0512. The van der Waals surface area contributed by atoms with Gasteiger partial charge in [0.1, 0.15) is 0 Å². The summed E-state index contributed by atoms with van der Waals surface area (Å²) < 4.78 is 0. The third-order valence-corrected chi connectivity index (χ3v) is 4.20. The third-order valence-electron chi connectivity index (χ3n) is 1.83. The molecule has 0 radical (unpaired) electrons. The number of rotatable bonds is 8. The lowest BCUT2D eigenvalue weighted by Gasteiger charge is -2.01. The zero-order valence-electron chi connectivity index (χ0n) is 9.07. The van der Waals surface area contributed by atoms with Gasteiger partial charge < -0.3 is 4.84 Å². The Morgan fingerprint density at radius 1 is 1.53 bits per heavy atom. The van der Waals surface area contributed by atoms with E-state index in [9.17, 15) is 10.1 Å². The number of nitrogens with zero attached hydrogens (tertiary/aromatic N) is 2. The summed E-state index contributed by atoms with van der Waals surface area (Å²) in [6.07, 6.45) is 3.39. The Hall–Kier alpha value is -0.830. The molecule has 0 fully saturated rings. The van der Waals surface area contributed by atoms with E-state index in [0.29, 0.717) is 11.6 Å².